The Kier molecular flexibility index (Phi) is 6.43. The second kappa shape index (κ2) is 9.13. The zero-order valence-electron chi connectivity index (χ0n) is 18.8. The molecule has 1 aliphatic carbocycles. The molecule has 2 aromatic rings. The van der Waals surface area contributed by atoms with Gasteiger partial charge in [-0.3, -0.25) is 4.72 Å². The quantitative estimate of drug-likeness (QED) is 0.490. The van der Waals surface area contributed by atoms with Gasteiger partial charge in [0.25, 0.3) is 10.0 Å². The van der Waals surface area contributed by atoms with Crippen molar-refractivity contribution < 1.29 is 23.1 Å². The van der Waals surface area contributed by atoms with E-state index in [1.807, 2.05) is 19.9 Å². The molecule has 1 fully saturated rings. The number of hydrogen-bond acceptors (Lipinski definition) is 7. The van der Waals surface area contributed by atoms with Crippen LogP contribution in [0.25, 0.3) is 0 Å². The number of rotatable bonds is 10. The lowest BCUT2D eigenvalue weighted by Crippen LogP contribution is -2.31. The molecule has 2 N–H and O–H groups in total. The largest absolute Gasteiger partial charge is 0.507 e. The first kappa shape index (κ1) is 23.2. The first-order chi connectivity index (χ1) is 15.8. The van der Waals surface area contributed by atoms with Crippen LogP contribution in [-0.2, 0) is 19.6 Å². The highest BCUT2D eigenvalue weighted by Gasteiger charge is 2.51. The predicted octanol–water partition coefficient (Wildman–Crippen LogP) is 4.48. The highest BCUT2D eigenvalue weighted by Crippen LogP contribution is 2.52. The van der Waals surface area contributed by atoms with Crippen molar-refractivity contribution in [2.24, 2.45) is 5.92 Å². The summed E-state index contributed by atoms with van der Waals surface area (Å²) < 4.78 is 33.7. The van der Waals surface area contributed by atoms with Gasteiger partial charge >= 0.3 is 5.97 Å². The maximum absolute atomic E-state index is 13.0. The minimum absolute atomic E-state index is 0.0404. The molecule has 8 nitrogen and oxygen atoms in total. The lowest BCUT2D eigenvalue weighted by Gasteiger charge is -2.27. The SMILES string of the molecule is CCCC1(CCC)OC(=O)C(C(c2cccc(NS(=O)(=O)c3cccnn3)c2)C2CC2)=C1O. The average molecular weight is 472 g/mol. The van der Waals surface area contributed by atoms with Crippen LogP contribution in [0.5, 0.6) is 0 Å². The fourth-order valence-electron chi connectivity index (χ4n) is 4.71. The third kappa shape index (κ3) is 4.59. The normalized spacial score (nSPS) is 18.8. The van der Waals surface area contributed by atoms with Crippen LogP contribution in [0.15, 0.2) is 59.0 Å². The van der Waals surface area contributed by atoms with Crippen molar-refractivity contribution in [3.05, 3.63) is 59.5 Å². The maximum Gasteiger partial charge on any atom is 0.339 e. The van der Waals surface area contributed by atoms with Crippen LogP contribution in [-0.4, -0.2) is 35.3 Å². The standard InChI is InChI=1S/C24H29N3O5S/c1-3-12-24(13-4-2)22(28)21(23(29)32-24)20(16-10-11-16)17-7-5-8-18(15-17)27-33(30,31)19-9-6-14-25-26-19/h5-9,14-16,20,27-28H,3-4,10-13H2,1-2H3. The number of cyclic esters (lactones) is 1. The molecule has 1 unspecified atom stereocenters. The molecule has 4 rings (SSSR count). The summed E-state index contributed by atoms with van der Waals surface area (Å²) in [5.74, 6) is -0.592. The van der Waals surface area contributed by atoms with Crippen LogP contribution >= 0.6 is 0 Å². The summed E-state index contributed by atoms with van der Waals surface area (Å²) in [7, 11) is -3.91. The van der Waals surface area contributed by atoms with E-state index in [0.29, 0.717) is 24.1 Å². The molecule has 33 heavy (non-hydrogen) atoms. The molecule has 9 heteroatoms. The molecule has 0 amide bonds. The number of benzene rings is 1. The highest BCUT2D eigenvalue weighted by molar-refractivity contribution is 7.92. The van der Waals surface area contributed by atoms with Gasteiger partial charge in [-0.25, -0.2) is 4.79 Å². The van der Waals surface area contributed by atoms with E-state index in [0.717, 1.165) is 31.2 Å². The number of hydrogen-bond donors (Lipinski definition) is 2. The van der Waals surface area contributed by atoms with Gasteiger partial charge in [-0.15, -0.1) is 5.10 Å². The van der Waals surface area contributed by atoms with Crippen molar-refractivity contribution >= 4 is 21.7 Å². The van der Waals surface area contributed by atoms with Gasteiger partial charge in [-0.1, -0.05) is 38.8 Å². The van der Waals surface area contributed by atoms with Crippen LogP contribution in [0.2, 0.25) is 0 Å². The van der Waals surface area contributed by atoms with Crippen LogP contribution in [0.1, 0.15) is 63.9 Å². The smallest absolute Gasteiger partial charge is 0.339 e. The van der Waals surface area contributed by atoms with E-state index in [2.05, 4.69) is 14.9 Å². The zero-order chi connectivity index (χ0) is 23.6. The number of nitrogens with zero attached hydrogens (tertiary/aromatic N) is 2. The number of anilines is 1. The summed E-state index contributed by atoms with van der Waals surface area (Å²) in [6, 6.07) is 9.81. The monoisotopic (exact) mass is 471 g/mol. The van der Waals surface area contributed by atoms with Gasteiger partial charge in [-0.05, 0) is 61.4 Å². The van der Waals surface area contributed by atoms with Crippen LogP contribution < -0.4 is 4.72 Å². The molecule has 176 valence electrons. The molecule has 1 aliphatic heterocycles. The molecule has 1 aromatic heterocycles. The number of carbonyl (C=O) groups excluding carboxylic acids is 1. The Balaban J connectivity index is 1.70. The third-order valence-electron chi connectivity index (χ3n) is 6.23. The zero-order valence-corrected chi connectivity index (χ0v) is 19.6. The van der Waals surface area contributed by atoms with Gasteiger partial charge in [0.15, 0.2) is 10.6 Å². The van der Waals surface area contributed by atoms with E-state index < -0.39 is 21.6 Å². The Morgan fingerprint density at radius 2 is 1.91 bits per heavy atom. The molecule has 1 saturated carbocycles. The van der Waals surface area contributed by atoms with Gasteiger partial charge in [0.1, 0.15) is 5.76 Å². The minimum Gasteiger partial charge on any atom is -0.507 e. The van der Waals surface area contributed by atoms with Crippen molar-refractivity contribution in [3.8, 4) is 0 Å². The predicted molar refractivity (Wildman–Crippen MR) is 123 cm³/mol. The fraction of sp³-hybridized carbons (Fsp3) is 0.458. The van der Waals surface area contributed by atoms with Crippen molar-refractivity contribution in [1.29, 1.82) is 0 Å². The summed E-state index contributed by atoms with van der Waals surface area (Å²) in [6.07, 6.45) is 5.95. The molecule has 0 saturated heterocycles. The molecule has 0 spiro atoms. The molecule has 1 aromatic carbocycles. The molecule has 1 atom stereocenters. The third-order valence-corrected chi connectivity index (χ3v) is 7.50. The number of aliphatic hydroxyl groups excluding tert-OH is 1. The number of esters is 1. The summed E-state index contributed by atoms with van der Waals surface area (Å²) in [4.78, 5) is 13.0. The van der Waals surface area contributed by atoms with Crippen LogP contribution in [0, 0.1) is 5.92 Å². The summed E-state index contributed by atoms with van der Waals surface area (Å²) >= 11 is 0. The number of aliphatic hydroxyl groups is 1. The summed E-state index contributed by atoms with van der Waals surface area (Å²) in [6.45, 7) is 4.00. The Morgan fingerprint density at radius 1 is 1.18 bits per heavy atom. The maximum atomic E-state index is 13.0. The molecule has 2 heterocycles. The number of sulfonamides is 1. The first-order valence-corrected chi connectivity index (χ1v) is 12.9. The lowest BCUT2D eigenvalue weighted by atomic mass is 9.82. The topological polar surface area (TPSA) is 118 Å². The van der Waals surface area contributed by atoms with Gasteiger partial charge in [-0.2, -0.15) is 13.5 Å². The van der Waals surface area contributed by atoms with Crippen molar-refractivity contribution in [3.63, 3.8) is 0 Å². The van der Waals surface area contributed by atoms with E-state index in [9.17, 15) is 18.3 Å². The number of nitrogens with one attached hydrogen (secondary N) is 1. The Hall–Kier alpha value is -2.94. The fourth-order valence-corrected chi connectivity index (χ4v) is 5.66. The average Bonchev–Trinajstić information content (AvgIpc) is 3.59. The summed E-state index contributed by atoms with van der Waals surface area (Å²) in [5.41, 5.74) is 0.463. The molecular formula is C24H29N3O5S. The van der Waals surface area contributed by atoms with E-state index in [-0.39, 0.29) is 22.6 Å². The van der Waals surface area contributed by atoms with Gasteiger partial charge in [0, 0.05) is 17.8 Å². The summed E-state index contributed by atoms with van der Waals surface area (Å²) in [5, 5.41) is 18.4. The number of ether oxygens (including phenoxy) is 1. The van der Waals surface area contributed by atoms with E-state index in [1.54, 1.807) is 18.2 Å². The lowest BCUT2D eigenvalue weighted by molar-refractivity contribution is -0.149. The van der Waals surface area contributed by atoms with Crippen LogP contribution in [0.3, 0.4) is 0 Å². The van der Waals surface area contributed by atoms with Crippen molar-refractivity contribution in [2.45, 2.75) is 68.9 Å². The van der Waals surface area contributed by atoms with E-state index in [4.69, 9.17) is 4.74 Å². The second-order valence-corrected chi connectivity index (χ2v) is 10.4. The van der Waals surface area contributed by atoms with Gasteiger partial charge < -0.3 is 9.84 Å². The van der Waals surface area contributed by atoms with E-state index in [1.165, 1.54) is 18.3 Å². The molecule has 0 bridgehead atoms. The Morgan fingerprint density at radius 3 is 2.52 bits per heavy atom. The number of carbonyl (C=O) groups is 1. The van der Waals surface area contributed by atoms with Crippen LogP contribution in [0.4, 0.5) is 5.69 Å². The Labute approximate surface area is 194 Å². The highest BCUT2D eigenvalue weighted by atomic mass is 32.2. The van der Waals surface area contributed by atoms with Gasteiger partial charge in [0.2, 0.25) is 0 Å². The first-order valence-electron chi connectivity index (χ1n) is 11.4. The van der Waals surface area contributed by atoms with Crippen molar-refractivity contribution in [1.82, 2.24) is 10.2 Å². The van der Waals surface area contributed by atoms with Crippen molar-refractivity contribution in [2.75, 3.05) is 4.72 Å². The second-order valence-electron chi connectivity index (χ2n) is 8.75. The molecular weight excluding hydrogens is 442 g/mol. The molecule has 0 radical (unpaired) electrons. The minimum atomic E-state index is -3.91. The molecule has 2 aliphatic rings. The Bertz CT molecular complexity index is 1150. The number of aromatic nitrogens is 2. The van der Waals surface area contributed by atoms with E-state index >= 15 is 0 Å². The van der Waals surface area contributed by atoms with Gasteiger partial charge in [0.05, 0.1) is 5.57 Å².